The van der Waals surface area contributed by atoms with E-state index in [4.69, 9.17) is 4.74 Å². The van der Waals surface area contributed by atoms with Crippen molar-refractivity contribution in [2.24, 2.45) is 0 Å². The van der Waals surface area contributed by atoms with E-state index in [1.54, 1.807) is 0 Å². The summed E-state index contributed by atoms with van der Waals surface area (Å²) in [6, 6.07) is 12.4. The van der Waals surface area contributed by atoms with Gasteiger partial charge in [-0.25, -0.2) is 0 Å². The molecule has 20 heavy (non-hydrogen) atoms. The quantitative estimate of drug-likeness (QED) is 0.907. The fraction of sp³-hybridized carbons (Fsp3) is 0.562. The summed E-state index contributed by atoms with van der Waals surface area (Å²) in [7, 11) is 1.86. The van der Waals surface area contributed by atoms with Crippen molar-refractivity contribution < 1.29 is 4.74 Å². The third-order valence-corrected chi connectivity index (χ3v) is 3.88. The lowest BCUT2D eigenvalue weighted by molar-refractivity contribution is 0.0648. The zero-order chi connectivity index (χ0) is 14.4. The molecule has 108 valence electrons. The fourth-order valence-electron chi connectivity index (χ4n) is 2.75. The highest BCUT2D eigenvalue weighted by Crippen LogP contribution is 2.22. The van der Waals surface area contributed by atoms with Crippen LogP contribution in [0.25, 0.3) is 0 Å². The molecule has 4 heteroatoms. The molecular formula is C16H23N3O. The number of nitriles is 1. The summed E-state index contributed by atoms with van der Waals surface area (Å²) in [5, 5.41) is 12.9. The molecular weight excluding hydrogens is 250 g/mol. The first-order chi connectivity index (χ1) is 9.70. The molecule has 0 bridgehead atoms. The number of benzene rings is 1. The Balaban J connectivity index is 2.19. The smallest absolute Gasteiger partial charge is 0.144 e. The van der Waals surface area contributed by atoms with Crippen LogP contribution >= 0.6 is 0 Å². The van der Waals surface area contributed by atoms with Gasteiger partial charge in [-0.05, 0) is 26.0 Å². The van der Waals surface area contributed by atoms with Gasteiger partial charge in [0.25, 0.3) is 0 Å². The lowest BCUT2D eigenvalue weighted by Crippen LogP contribution is -2.49. The van der Waals surface area contributed by atoms with Gasteiger partial charge in [-0.15, -0.1) is 0 Å². The van der Waals surface area contributed by atoms with Crippen LogP contribution in [0.5, 0.6) is 0 Å². The van der Waals surface area contributed by atoms with Crippen LogP contribution in [0.15, 0.2) is 30.3 Å². The maximum absolute atomic E-state index is 9.73. The van der Waals surface area contributed by atoms with Crippen LogP contribution in [-0.2, 0) is 10.3 Å². The molecule has 1 saturated heterocycles. The first kappa shape index (κ1) is 15.0. The van der Waals surface area contributed by atoms with E-state index in [9.17, 15) is 5.26 Å². The van der Waals surface area contributed by atoms with E-state index in [0.29, 0.717) is 6.54 Å². The molecule has 1 heterocycles. The van der Waals surface area contributed by atoms with Crippen molar-refractivity contribution in [3.8, 4) is 6.07 Å². The van der Waals surface area contributed by atoms with Crippen LogP contribution in [0, 0.1) is 11.3 Å². The Bertz CT molecular complexity index is 457. The minimum absolute atomic E-state index is 0.224. The van der Waals surface area contributed by atoms with Gasteiger partial charge in [0.1, 0.15) is 5.54 Å². The van der Waals surface area contributed by atoms with E-state index >= 15 is 0 Å². The lowest BCUT2D eigenvalue weighted by Gasteiger charge is -2.33. The SMILES string of the molecule is CNC(C#N)(CN1CCCOC(C)C1)c1ccccc1. The molecule has 1 aliphatic rings. The first-order valence-electron chi connectivity index (χ1n) is 7.20. The van der Waals surface area contributed by atoms with E-state index in [-0.39, 0.29) is 6.10 Å². The number of hydrogen-bond acceptors (Lipinski definition) is 4. The molecule has 2 atom stereocenters. The molecule has 1 aromatic rings. The summed E-state index contributed by atoms with van der Waals surface area (Å²) in [5.41, 5.74) is 0.355. The second kappa shape index (κ2) is 6.85. The van der Waals surface area contributed by atoms with Gasteiger partial charge in [-0.1, -0.05) is 30.3 Å². The monoisotopic (exact) mass is 273 g/mol. The van der Waals surface area contributed by atoms with Crippen LogP contribution in [0.2, 0.25) is 0 Å². The highest BCUT2D eigenvalue weighted by molar-refractivity contribution is 5.32. The predicted octanol–water partition coefficient (Wildman–Crippen LogP) is 1.74. The first-order valence-corrected chi connectivity index (χ1v) is 7.20. The summed E-state index contributed by atoms with van der Waals surface area (Å²) >= 11 is 0. The number of nitrogens with one attached hydrogen (secondary N) is 1. The van der Waals surface area contributed by atoms with Crippen molar-refractivity contribution in [2.75, 3.05) is 33.3 Å². The Morgan fingerprint density at radius 1 is 1.45 bits per heavy atom. The maximum Gasteiger partial charge on any atom is 0.144 e. The molecule has 0 radical (unpaired) electrons. The van der Waals surface area contributed by atoms with Crippen LogP contribution in [0.1, 0.15) is 18.9 Å². The summed E-state index contributed by atoms with van der Waals surface area (Å²) in [6.07, 6.45) is 1.24. The number of nitrogens with zero attached hydrogens (tertiary/aromatic N) is 2. The average Bonchev–Trinajstić information content (AvgIpc) is 2.70. The molecule has 4 nitrogen and oxygen atoms in total. The van der Waals surface area contributed by atoms with E-state index in [2.05, 4.69) is 23.2 Å². The van der Waals surface area contributed by atoms with Gasteiger partial charge in [0.2, 0.25) is 0 Å². The van der Waals surface area contributed by atoms with Gasteiger partial charge < -0.3 is 4.74 Å². The second-order valence-electron chi connectivity index (χ2n) is 5.40. The van der Waals surface area contributed by atoms with Crippen LogP contribution < -0.4 is 5.32 Å². The second-order valence-corrected chi connectivity index (χ2v) is 5.40. The lowest BCUT2D eigenvalue weighted by atomic mass is 9.90. The van der Waals surface area contributed by atoms with Crippen molar-refractivity contribution in [3.05, 3.63) is 35.9 Å². The normalized spacial score (nSPS) is 23.6. The molecule has 0 saturated carbocycles. The van der Waals surface area contributed by atoms with Crippen LogP contribution in [-0.4, -0.2) is 44.3 Å². The Morgan fingerprint density at radius 3 is 2.85 bits per heavy atom. The van der Waals surface area contributed by atoms with Gasteiger partial charge in [-0.3, -0.25) is 10.2 Å². The Morgan fingerprint density at radius 2 is 2.20 bits per heavy atom. The van der Waals surface area contributed by atoms with Gasteiger partial charge >= 0.3 is 0 Å². The van der Waals surface area contributed by atoms with Crippen LogP contribution in [0.4, 0.5) is 0 Å². The van der Waals surface area contributed by atoms with Gasteiger partial charge in [0, 0.05) is 26.2 Å². The number of rotatable bonds is 4. The fourth-order valence-corrected chi connectivity index (χ4v) is 2.75. The molecule has 1 N–H and O–H groups in total. The minimum Gasteiger partial charge on any atom is -0.377 e. The van der Waals surface area contributed by atoms with Gasteiger partial charge in [-0.2, -0.15) is 5.26 Å². The van der Waals surface area contributed by atoms with E-state index < -0.39 is 5.54 Å². The summed E-state index contributed by atoms with van der Waals surface area (Å²) < 4.78 is 5.68. The molecule has 1 aromatic carbocycles. The Kier molecular flexibility index (Phi) is 5.13. The highest BCUT2D eigenvalue weighted by atomic mass is 16.5. The van der Waals surface area contributed by atoms with Gasteiger partial charge in [0.05, 0.1) is 12.2 Å². The summed E-state index contributed by atoms with van der Waals surface area (Å²) in [4.78, 5) is 2.32. The van der Waals surface area contributed by atoms with E-state index in [0.717, 1.165) is 31.7 Å². The zero-order valence-corrected chi connectivity index (χ0v) is 12.3. The number of likely N-dealkylation sites (N-methyl/N-ethyl adjacent to an activating group) is 1. The summed E-state index contributed by atoms with van der Waals surface area (Å²) in [5.74, 6) is 0. The van der Waals surface area contributed by atoms with E-state index in [1.165, 1.54) is 0 Å². The number of ether oxygens (including phenoxy) is 1. The van der Waals surface area contributed by atoms with Crippen molar-refractivity contribution >= 4 is 0 Å². The molecule has 0 aromatic heterocycles. The highest BCUT2D eigenvalue weighted by Gasteiger charge is 2.33. The third-order valence-electron chi connectivity index (χ3n) is 3.88. The predicted molar refractivity (Wildman–Crippen MR) is 79.3 cm³/mol. The third kappa shape index (κ3) is 3.37. The molecule has 2 rings (SSSR count). The molecule has 0 spiro atoms. The largest absolute Gasteiger partial charge is 0.377 e. The minimum atomic E-state index is -0.661. The summed E-state index contributed by atoms with van der Waals surface area (Å²) in [6.45, 7) is 5.42. The van der Waals surface area contributed by atoms with Crippen molar-refractivity contribution in [2.45, 2.75) is 25.0 Å². The van der Waals surface area contributed by atoms with Gasteiger partial charge in [0.15, 0.2) is 0 Å². The van der Waals surface area contributed by atoms with E-state index in [1.807, 2.05) is 37.4 Å². The maximum atomic E-state index is 9.73. The molecule has 0 aliphatic carbocycles. The molecule has 1 fully saturated rings. The zero-order valence-electron chi connectivity index (χ0n) is 12.3. The molecule has 2 unspecified atom stereocenters. The topological polar surface area (TPSA) is 48.3 Å². The molecule has 0 amide bonds. The Hall–Kier alpha value is -1.41. The Labute approximate surface area is 121 Å². The van der Waals surface area contributed by atoms with Crippen molar-refractivity contribution in [1.29, 1.82) is 5.26 Å². The number of hydrogen-bond donors (Lipinski definition) is 1. The van der Waals surface area contributed by atoms with Crippen molar-refractivity contribution in [3.63, 3.8) is 0 Å². The van der Waals surface area contributed by atoms with Crippen molar-refractivity contribution in [1.82, 2.24) is 10.2 Å². The average molecular weight is 273 g/mol. The van der Waals surface area contributed by atoms with Crippen LogP contribution in [0.3, 0.4) is 0 Å². The molecule has 1 aliphatic heterocycles. The standard InChI is InChI=1S/C16H23N3O/c1-14-11-19(9-6-10-20-14)13-16(12-17,18-2)15-7-4-3-5-8-15/h3-5,7-8,14,18H,6,9-11,13H2,1-2H3.